The maximum absolute atomic E-state index is 13.1. The second-order valence-electron chi connectivity index (χ2n) is 5.45. The maximum Gasteiger partial charge on any atom is 0.259 e. The molecule has 0 radical (unpaired) electrons. The Kier molecular flexibility index (Phi) is 5.82. The van der Waals surface area contributed by atoms with Crippen molar-refractivity contribution in [2.24, 2.45) is 0 Å². The molecule has 0 unspecified atom stereocenters. The molecular weight excluding hydrogens is 367 g/mol. The van der Waals surface area contributed by atoms with E-state index < -0.39 is 21.7 Å². The Hall–Kier alpha value is -1.96. The molecule has 0 aromatic heterocycles. The topological polar surface area (TPSA) is 57.7 Å². The molecule has 0 saturated heterocycles. The first kappa shape index (κ1) is 19.4. The lowest BCUT2D eigenvalue weighted by atomic mass is 10.1. The van der Waals surface area contributed by atoms with Gasteiger partial charge < -0.3 is 4.90 Å². The molecule has 0 fully saturated rings. The van der Waals surface area contributed by atoms with E-state index in [0.29, 0.717) is 12.2 Å². The van der Waals surface area contributed by atoms with Crippen molar-refractivity contribution in [1.29, 1.82) is 0 Å². The van der Waals surface area contributed by atoms with E-state index in [1.54, 1.807) is 6.92 Å². The maximum atomic E-state index is 13.1. The van der Waals surface area contributed by atoms with Crippen molar-refractivity contribution in [2.45, 2.75) is 11.8 Å². The minimum atomic E-state index is -3.70. The van der Waals surface area contributed by atoms with Gasteiger partial charge in [-0.2, -0.15) is 0 Å². The van der Waals surface area contributed by atoms with Crippen molar-refractivity contribution in [3.05, 3.63) is 58.9 Å². The second-order valence-corrected chi connectivity index (χ2v) is 8.01. The monoisotopic (exact) mass is 384 g/mol. The predicted octanol–water partition coefficient (Wildman–Crippen LogP) is 3.40. The molecular formula is C17H18ClFN2O3S. The quantitative estimate of drug-likeness (QED) is 0.793. The van der Waals surface area contributed by atoms with E-state index >= 15 is 0 Å². The SMILES string of the molecule is CCN(C(=O)c1cc(S(=O)(=O)N(C)C)ccc1Cl)c1ccc(F)cc1. The minimum Gasteiger partial charge on any atom is -0.309 e. The molecule has 2 aromatic carbocycles. The van der Waals surface area contributed by atoms with Gasteiger partial charge in [0.1, 0.15) is 5.82 Å². The normalized spacial score (nSPS) is 11.6. The van der Waals surface area contributed by atoms with Gasteiger partial charge in [0, 0.05) is 26.3 Å². The van der Waals surface area contributed by atoms with E-state index in [4.69, 9.17) is 11.6 Å². The molecule has 5 nitrogen and oxygen atoms in total. The van der Waals surface area contributed by atoms with Crippen LogP contribution in [-0.2, 0) is 10.0 Å². The molecule has 0 spiro atoms. The molecule has 0 aliphatic rings. The molecule has 0 aliphatic carbocycles. The van der Waals surface area contributed by atoms with Crippen LogP contribution in [0.5, 0.6) is 0 Å². The molecule has 8 heteroatoms. The van der Waals surface area contributed by atoms with Crippen molar-refractivity contribution < 1.29 is 17.6 Å². The number of rotatable bonds is 5. The highest BCUT2D eigenvalue weighted by Crippen LogP contribution is 2.25. The van der Waals surface area contributed by atoms with E-state index in [1.807, 2.05) is 0 Å². The van der Waals surface area contributed by atoms with Crippen LogP contribution < -0.4 is 4.90 Å². The summed E-state index contributed by atoms with van der Waals surface area (Å²) in [6.45, 7) is 2.07. The lowest BCUT2D eigenvalue weighted by molar-refractivity contribution is 0.0988. The number of carbonyl (C=O) groups is 1. The fourth-order valence-electron chi connectivity index (χ4n) is 2.25. The first-order valence-corrected chi connectivity index (χ1v) is 9.29. The van der Waals surface area contributed by atoms with E-state index in [1.165, 1.54) is 61.5 Å². The second kappa shape index (κ2) is 7.51. The molecule has 0 bridgehead atoms. The Morgan fingerprint density at radius 1 is 1.12 bits per heavy atom. The van der Waals surface area contributed by atoms with Crippen LogP contribution in [0.15, 0.2) is 47.4 Å². The van der Waals surface area contributed by atoms with Crippen LogP contribution in [0.1, 0.15) is 17.3 Å². The summed E-state index contributed by atoms with van der Waals surface area (Å²) in [7, 11) is -0.888. The molecule has 2 rings (SSSR count). The summed E-state index contributed by atoms with van der Waals surface area (Å²) in [5.74, 6) is -0.876. The number of hydrogen-bond acceptors (Lipinski definition) is 3. The van der Waals surface area contributed by atoms with Gasteiger partial charge in [-0.3, -0.25) is 4.79 Å². The fraction of sp³-hybridized carbons (Fsp3) is 0.235. The van der Waals surface area contributed by atoms with Crippen molar-refractivity contribution in [2.75, 3.05) is 25.5 Å². The van der Waals surface area contributed by atoms with Crippen LogP contribution in [-0.4, -0.2) is 39.3 Å². The summed E-state index contributed by atoms with van der Waals surface area (Å²) in [4.78, 5) is 14.2. The highest BCUT2D eigenvalue weighted by molar-refractivity contribution is 7.89. The number of anilines is 1. The highest BCUT2D eigenvalue weighted by Gasteiger charge is 2.23. The number of hydrogen-bond donors (Lipinski definition) is 0. The molecule has 25 heavy (non-hydrogen) atoms. The zero-order valence-electron chi connectivity index (χ0n) is 14.0. The van der Waals surface area contributed by atoms with E-state index in [-0.39, 0.29) is 15.5 Å². The van der Waals surface area contributed by atoms with Gasteiger partial charge in [0.2, 0.25) is 10.0 Å². The predicted molar refractivity (Wildman–Crippen MR) is 96.1 cm³/mol. The third-order valence-corrected chi connectivity index (χ3v) is 5.79. The third kappa shape index (κ3) is 4.00. The van der Waals surface area contributed by atoms with Crippen LogP contribution in [0, 0.1) is 5.82 Å². The number of halogens is 2. The molecule has 0 atom stereocenters. The Morgan fingerprint density at radius 3 is 2.24 bits per heavy atom. The summed E-state index contributed by atoms with van der Waals surface area (Å²) in [5, 5.41) is 0.142. The number of amides is 1. The first-order chi connectivity index (χ1) is 11.7. The van der Waals surface area contributed by atoms with Crippen molar-refractivity contribution in [3.63, 3.8) is 0 Å². The molecule has 0 aliphatic heterocycles. The van der Waals surface area contributed by atoms with Crippen LogP contribution in [0.3, 0.4) is 0 Å². The Bertz CT molecular complexity index is 883. The van der Waals surface area contributed by atoms with Gasteiger partial charge in [-0.15, -0.1) is 0 Å². The highest BCUT2D eigenvalue weighted by atomic mass is 35.5. The number of benzene rings is 2. The van der Waals surface area contributed by atoms with Gasteiger partial charge in [-0.05, 0) is 49.4 Å². The standard InChI is InChI=1S/C17H18ClFN2O3S/c1-4-21(13-7-5-12(19)6-8-13)17(22)15-11-14(9-10-16(15)18)25(23,24)20(2)3/h5-11H,4H2,1-3H3. The van der Waals surface area contributed by atoms with Crippen LogP contribution in [0.25, 0.3) is 0 Å². The van der Waals surface area contributed by atoms with Crippen LogP contribution >= 0.6 is 11.6 Å². The van der Waals surface area contributed by atoms with Crippen LogP contribution in [0.4, 0.5) is 10.1 Å². The van der Waals surface area contributed by atoms with E-state index in [9.17, 15) is 17.6 Å². The molecule has 2 aromatic rings. The average molecular weight is 385 g/mol. The van der Waals surface area contributed by atoms with Gasteiger partial charge in [0.25, 0.3) is 5.91 Å². The summed E-state index contributed by atoms with van der Waals surface area (Å²) < 4.78 is 38.7. The summed E-state index contributed by atoms with van der Waals surface area (Å²) in [6.07, 6.45) is 0. The van der Waals surface area contributed by atoms with E-state index in [0.717, 1.165) is 4.31 Å². The number of carbonyl (C=O) groups excluding carboxylic acids is 1. The number of sulfonamides is 1. The van der Waals surface area contributed by atoms with Gasteiger partial charge in [0.15, 0.2) is 0 Å². The molecule has 0 saturated carbocycles. The fourth-order valence-corrected chi connectivity index (χ4v) is 3.38. The molecule has 0 N–H and O–H groups in total. The molecule has 1 amide bonds. The van der Waals surface area contributed by atoms with Crippen molar-refractivity contribution in [1.82, 2.24) is 4.31 Å². The van der Waals surface area contributed by atoms with Crippen LogP contribution in [0.2, 0.25) is 5.02 Å². The summed E-state index contributed by atoms with van der Waals surface area (Å²) >= 11 is 6.12. The van der Waals surface area contributed by atoms with Gasteiger partial charge >= 0.3 is 0 Å². The zero-order valence-corrected chi connectivity index (χ0v) is 15.6. The lowest BCUT2D eigenvalue weighted by Crippen LogP contribution is -2.31. The minimum absolute atomic E-state index is 0.0274. The third-order valence-electron chi connectivity index (χ3n) is 3.65. The van der Waals surface area contributed by atoms with Gasteiger partial charge in [-0.1, -0.05) is 11.6 Å². The molecule has 0 heterocycles. The zero-order chi connectivity index (χ0) is 18.8. The van der Waals surface area contributed by atoms with Crippen molar-refractivity contribution in [3.8, 4) is 0 Å². The Morgan fingerprint density at radius 2 is 1.72 bits per heavy atom. The Labute approximate surface area is 151 Å². The number of nitrogens with zero attached hydrogens (tertiary/aromatic N) is 2. The smallest absolute Gasteiger partial charge is 0.259 e. The Balaban J connectivity index is 2.49. The summed E-state index contributed by atoms with van der Waals surface area (Å²) in [6, 6.07) is 9.44. The van der Waals surface area contributed by atoms with Gasteiger partial charge in [-0.25, -0.2) is 17.1 Å². The largest absolute Gasteiger partial charge is 0.309 e. The van der Waals surface area contributed by atoms with Gasteiger partial charge in [0.05, 0.1) is 15.5 Å². The summed E-state index contributed by atoms with van der Waals surface area (Å²) in [5.41, 5.74) is 0.557. The first-order valence-electron chi connectivity index (χ1n) is 7.48. The lowest BCUT2D eigenvalue weighted by Gasteiger charge is -2.22. The molecule has 134 valence electrons. The van der Waals surface area contributed by atoms with Crippen molar-refractivity contribution >= 4 is 33.2 Å². The van der Waals surface area contributed by atoms with E-state index in [2.05, 4.69) is 0 Å². The average Bonchev–Trinajstić information content (AvgIpc) is 2.57.